The number of hydrogen-bond acceptors (Lipinski definition) is 5. The summed E-state index contributed by atoms with van der Waals surface area (Å²) in [5.74, 6) is 1.50. The molecule has 6 rings (SSSR count). The van der Waals surface area contributed by atoms with Crippen molar-refractivity contribution >= 4 is 17.3 Å². The van der Waals surface area contributed by atoms with Crippen molar-refractivity contribution in [2.75, 3.05) is 45.9 Å². The van der Waals surface area contributed by atoms with Gasteiger partial charge in [0.05, 0.1) is 36.5 Å². The Morgan fingerprint density at radius 3 is 2.60 bits per heavy atom. The van der Waals surface area contributed by atoms with Gasteiger partial charge in [-0.25, -0.2) is 9.37 Å². The molecule has 5 heterocycles. The average Bonchev–Trinajstić information content (AvgIpc) is 3.36. The van der Waals surface area contributed by atoms with Gasteiger partial charge in [-0.2, -0.15) is 0 Å². The van der Waals surface area contributed by atoms with Crippen molar-refractivity contribution in [3.63, 3.8) is 0 Å². The summed E-state index contributed by atoms with van der Waals surface area (Å²) < 4.78 is 22.2. The summed E-state index contributed by atoms with van der Waals surface area (Å²) >= 11 is 0. The number of benzene rings is 1. The average molecular weight is 576 g/mol. The van der Waals surface area contributed by atoms with Crippen molar-refractivity contribution in [2.24, 2.45) is 5.92 Å². The Bertz CT molecular complexity index is 1470. The Morgan fingerprint density at radius 2 is 1.88 bits per heavy atom. The molecular formula is C33H42FN5O3. The monoisotopic (exact) mass is 575 g/mol. The molecule has 3 saturated heterocycles. The van der Waals surface area contributed by atoms with E-state index >= 15 is 0 Å². The van der Waals surface area contributed by atoms with Gasteiger partial charge in [0.15, 0.2) is 0 Å². The topological polar surface area (TPSA) is 70.4 Å². The van der Waals surface area contributed by atoms with E-state index in [1.807, 2.05) is 31.9 Å². The van der Waals surface area contributed by atoms with Crippen LogP contribution in [0, 0.1) is 18.7 Å². The Hall–Kier alpha value is -3.30. The number of carbonyl (C=O) groups is 2. The minimum absolute atomic E-state index is 0.0757. The molecular weight excluding hydrogens is 533 g/mol. The lowest BCUT2D eigenvalue weighted by atomic mass is 9.83. The zero-order chi connectivity index (χ0) is 29.5. The molecule has 0 radical (unpaired) electrons. The first-order valence-corrected chi connectivity index (χ1v) is 15.4. The minimum Gasteiger partial charge on any atom is -0.377 e. The number of carbonyl (C=O) groups excluding carboxylic acids is 2. The molecule has 0 bridgehead atoms. The molecule has 3 aliphatic rings. The Kier molecular flexibility index (Phi) is 8.07. The fourth-order valence-electron chi connectivity index (χ4n) is 7.00. The molecule has 0 saturated carbocycles. The van der Waals surface area contributed by atoms with Crippen LogP contribution in [0.25, 0.3) is 16.6 Å². The first-order chi connectivity index (χ1) is 20.2. The zero-order valence-corrected chi connectivity index (χ0v) is 25.2. The van der Waals surface area contributed by atoms with Crippen LogP contribution < -0.4 is 0 Å². The molecule has 0 unspecified atom stereocenters. The third kappa shape index (κ3) is 5.33. The number of halogens is 1. The number of amides is 2. The SMILES string of the molecule is CCC(=O)N1CCC([C@@H](C)N2CC(c3cc(-c4ccc(F)cc4C(=O)N4CCOC[C@H]4C)c4cnc(C)n4c3)C2)CC1. The smallest absolute Gasteiger partial charge is 0.254 e. The van der Waals surface area contributed by atoms with E-state index in [0.29, 0.717) is 49.6 Å². The van der Waals surface area contributed by atoms with E-state index in [9.17, 15) is 14.0 Å². The largest absolute Gasteiger partial charge is 0.377 e. The van der Waals surface area contributed by atoms with Crippen molar-refractivity contribution < 1.29 is 18.7 Å². The molecule has 1 aromatic carbocycles. The lowest BCUT2D eigenvalue weighted by Gasteiger charge is -2.47. The maximum absolute atomic E-state index is 14.6. The first kappa shape index (κ1) is 28.8. The van der Waals surface area contributed by atoms with Gasteiger partial charge in [0, 0.05) is 62.9 Å². The highest BCUT2D eigenvalue weighted by atomic mass is 19.1. The molecule has 2 aromatic heterocycles. The van der Waals surface area contributed by atoms with Gasteiger partial charge in [-0.1, -0.05) is 13.0 Å². The number of aryl methyl sites for hydroxylation is 1. The van der Waals surface area contributed by atoms with Gasteiger partial charge in [0.1, 0.15) is 11.6 Å². The molecule has 0 aliphatic carbocycles. The molecule has 0 spiro atoms. The molecule has 2 amide bonds. The fourth-order valence-corrected chi connectivity index (χ4v) is 7.00. The van der Waals surface area contributed by atoms with Crippen molar-refractivity contribution in [1.82, 2.24) is 24.1 Å². The number of nitrogens with zero attached hydrogens (tertiary/aromatic N) is 5. The number of pyridine rings is 1. The minimum atomic E-state index is -0.423. The number of rotatable bonds is 6. The van der Waals surface area contributed by atoms with E-state index in [0.717, 1.165) is 61.5 Å². The van der Waals surface area contributed by atoms with Crippen LogP contribution in [0.5, 0.6) is 0 Å². The highest BCUT2D eigenvalue weighted by Gasteiger charge is 2.37. The van der Waals surface area contributed by atoms with Gasteiger partial charge < -0.3 is 18.9 Å². The van der Waals surface area contributed by atoms with E-state index in [4.69, 9.17) is 4.74 Å². The maximum atomic E-state index is 14.6. The second kappa shape index (κ2) is 11.8. The lowest BCUT2D eigenvalue weighted by molar-refractivity contribution is -0.132. The highest BCUT2D eigenvalue weighted by molar-refractivity contribution is 6.03. The van der Waals surface area contributed by atoms with Crippen LogP contribution in [0.3, 0.4) is 0 Å². The van der Waals surface area contributed by atoms with Crippen LogP contribution in [0.1, 0.15) is 67.7 Å². The highest BCUT2D eigenvalue weighted by Crippen LogP contribution is 2.38. The van der Waals surface area contributed by atoms with Crippen LogP contribution in [-0.4, -0.2) is 93.9 Å². The van der Waals surface area contributed by atoms with Crippen LogP contribution in [0.15, 0.2) is 36.7 Å². The third-order valence-corrected chi connectivity index (χ3v) is 9.81. The number of ether oxygens (including phenoxy) is 1. The number of imidazole rings is 1. The van der Waals surface area contributed by atoms with Gasteiger partial charge in [-0.3, -0.25) is 14.5 Å². The number of morpholine rings is 1. The van der Waals surface area contributed by atoms with Crippen molar-refractivity contribution in [2.45, 2.75) is 65.0 Å². The molecule has 0 N–H and O–H groups in total. The normalized spacial score (nSPS) is 21.5. The molecule has 3 fully saturated rings. The first-order valence-electron chi connectivity index (χ1n) is 15.4. The van der Waals surface area contributed by atoms with Gasteiger partial charge in [0.2, 0.25) is 5.91 Å². The summed E-state index contributed by atoms with van der Waals surface area (Å²) in [7, 11) is 0. The van der Waals surface area contributed by atoms with E-state index in [-0.39, 0.29) is 17.9 Å². The molecule has 42 heavy (non-hydrogen) atoms. The molecule has 2 atom stereocenters. The molecule has 3 aromatic rings. The standard InChI is InChI=1S/C33H42FN5O3/c1-5-32(40)36-10-8-24(9-11-36)22(3)37-17-26(18-37)25-14-29(31-16-35-23(4)39(31)19-25)28-7-6-27(34)15-30(28)33(41)38-12-13-42-20-21(38)2/h6-7,14-16,19,21-22,24,26H,5,8-13,17-18,20H2,1-4H3/t21-,22-/m1/s1. The fraction of sp³-hybridized carbons (Fsp3) is 0.545. The summed E-state index contributed by atoms with van der Waals surface area (Å²) in [6.45, 7) is 13.3. The lowest BCUT2D eigenvalue weighted by Crippen LogP contribution is -2.54. The predicted molar refractivity (Wildman–Crippen MR) is 160 cm³/mol. The van der Waals surface area contributed by atoms with Gasteiger partial charge in [-0.15, -0.1) is 0 Å². The zero-order valence-electron chi connectivity index (χ0n) is 25.2. The van der Waals surface area contributed by atoms with E-state index in [1.165, 1.54) is 17.7 Å². The van der Waals surface area contributed by atoms with Gasteiger partial charge in [0.25, 0.3) is 5.91 Å². The van der Waals surface area contributed by atoms with Crippen LogP contribution in [0.2, 0.25) is 0 Å². The van der Waals surface area contributed by atoms with E-state index in [2.05, 4.69) is 33.5 Å². The van der Waals surface area contributed by atoms with Crippen LogP contribution >= 0.6 is 0 Å². The van der Waals surface area contributed by atoms with E-state index < -0.39 is 5.82 Å². The molecule has 224 valence electrons. The summed E-state index contributed by atoms with van der Waals surface area (Å²) in [5, 5.41) is 0. The molecule has 8 nitrogen and oxygen atoms in total. The summed E-state index contributed by atoms with van der Waals surface area (Å²) in [5.41, 5.74) is 4.11. The van der Waals surface area contributed by atoms with Crippen molar-refractivity contribution in [3.05, 3.63) is 59.4 Å². The Labute approximate surface area is 247 Å². The van der Waals surface area contributed by atoms with Crippen LogP contribution in [0.4, 0.5) is 4.39 Å². The second-order valence-electron chi connectivity index (χ2n) is 12.3. The molecule has 9 heteroatoms. The summed E-state index contributed by atoms with van der Waals surface area (Å²) in [4.78, 5) is 36.8. The maximum Gasteiger partial charge on any atom is 0.254 e. The Morgan fingerprint density at radius 1 is 1.12 bits per heavy atom. The quantitative estimate of drug-likeness (QED) is 0.425. The predicted octanol–water partition coefficient (Wildman–Crippen LogP) is 4.75. The van der Waals surface area contributed by atoms with Crippen LogP contribution in [-0.2, 0) is 9.53 Å². The third-order valence-electron chi connectivity index (χ3n) is 9.81. The summed E-state index contributed by atoms with van der Waals surface area (Å²) in [6, 6.07) is 7.12. The number of hydrogen-bond donors (Lipinski definition) is 0. The van der Waals surface area contributed by atoms with Gasteiger partial charge in [-0.05, 0) is 68.9 Å². The van der Waals surface area contributed by atoms with Gasteiger partial charge >= 0.3 is 0 Å². The number of fused-ring (bicyclic) bond motifs is 1. The number of likely N-dealkylation sites (tertiary alicyclic amines) is 2. The second-order valence-corrected chi connectivity index (χ2v) is 12.3. The van der Waals surface area contributed by atoms with E-state index in [1.54, 1.807) is 11.0 Å². The number of piperidine rings is 1. The Balaban J connectivity index is 1.25. The molecule has 3 aliphatic heterocycles. The van der Waals surface area contributed by atoms with Crippen molar-refractivity contribution in [1.29, 1.82) is 0 Å². The van der Waals surface area contributed by atoms with Crippen molar-refractivity contribution in [3.8, 4) is 11.1 Å². The number of aromatic nitrogens is 2. The summed E-state index contributed by atoms with van der Waals surface area (Å²) in [6.07, 6.45) is 6.71.